The van der Waals surface area contributed by atoms with Crippen LogP contribution in [-0.2, 0) is 10.0 Å². The fourth-order valence-corrected chi connectivity index (χ4v) is 5.66. The van der Waals surface area contributed by atoms with Gasteiger partial charge in [0.2, 0.25) is 10.0 Å². The second-order valence-corrected chi connectivity index (χ2v) is 8.75. The zero-order valence-corrected chi connectivity index (χ0v) is 15.7. The maximum atomic E-state index is 12.4. The van der Waals surface area contributed by atoms with E-state index >= 15 is 0 Å². The van der Waals surface area contributed by atoms with Gasteiger partial charge in [-0.15, -0.1) is 0 Å². The van der Waals surface area contributed by atoms with Crippen LogP contribution in [0.1, 0.15) is 32.1 Å². The average molecular weight is 476 g/mol. The van der Waals surface area contributed by atoms with Gasteiger partial charge in [-0.1, -0.05) is 19.3 Å². The zero-order valence-electron chi connectivity index (χ0n) is 10.1. The largest absolute Gasteiger partial charge is 0.241 e. The van der Waals surface area contributed by atoms with E-state index in [0.717, 1.165) is 30.2 Å². The normalized spacial score (nSPS) is 17.6. The monoisotopic (exact) mass is 473 g/mol. The molecule has 19 heavy (non-hydrogen) atoms. The summed E-state index contributed by atoms with van der Waals surface area (Å²) in [4.78, 5) is 0.271. The van der Waals surface area contributed by atoms with Gasteiger partial charge in [0, 0.05) is 15.0 Å². The molecule has 0 aromatic heterocycles. The third-order valence-electron chi connectivity index (χ3n) is 3.22. The van der Waals surface area contributed by atoms with E-state index in [0.29, 0.717) is 8.95 Å². The van der Waals surface area contributed by atoms with Gasteiger partial charge in [-0.2, -0.15) is 0 Å². The second kappa shape index (κ2) is 6.56. The molecule has 1 aromatic carbocycles. The quantitative estimate of drug-likeness (QED) is 0.650. The van der Waals surface area contributed by atoms with Gasteiger partial charge in [0.05, 0.1) is 9.37 Å². The van der Waals surface area contributed by atoms with Gasteiger partial charge in [0.15, 0.2) is 0 Å². The van der Waals surface area contributed by atoms with E-state index in [1.165, 1.54) is 6.42 Å². The van der Waals surface area contributed by atoms with Crippen LogP contribution in [-0.4, -0.2) is 14.5 Å². The molecule has 0 spiro atoms. The Morgan fingerprint density at radius 3 is 2.26 bits per heavy atom. The maximum absolute atomic E-state index is 12.4. The SMILES string of the molecule is O=S(=O)(NC1CCCCC1)c1ccc(Br)c(Br)c1Br. The molecule has 0 heterocycles. The average Bonchev–Trinajstić information content (AvgIpc) is 2.36. The summed E-state index contributed by atoms with van der Waals surface area (Å²) >= 11 is 10.1. The summed E-state index contributed by atoms with van der Waals surface area (Å²) < 4.78 is 29.7. The van der Waals surface area contributed by atoms with E-state index in [1.807, 2.05) is 0 Å². The molecule has 1 saturated carbocycles. The molecule has 0 aliphatic heterocycles. The summed E-state index contributed by atoms with van der Waals surface area (Å²) in [5.41, 5.74) is 0. The highest BCUT2D eigenvalue weighted by Gasteiger charge is 2.24. The van der Waals surface area contributed by atoms with Crippen LogP contribution in [0, 0.1) is 0 Å². The Bertz CT molecular complexity index is 569. The van der Waals surface area contributed by atoms with Gasteiger partial charge in [0.1, 0.15) is 0 Å². The first-order valence-corrected chi connectivity index (χ1v) is 9.94. The Kier molecular flexibility index (Phi) is 5.50. The van der Waals surface area contributed by atoms with Crippen molar-refractivity contribution in [1.29, 1.82) is 0 Å². The van der Waals surface area contributed by atoms with E-state index in [-0.39, 0.29) is 10.9 Å². The number of hydrogen-bond acceptors (Lipinski definition) is 2. The predicted octanol–water partition coefficient (Wildman–Crippen LogP) is 4.59. The first-order chi connectivity index (χ1) is 8.92. The number of sulfonamides is 1. The van der Waals surface area contributed by atoms with E-state index in [9.17, 15) is 8.42 Å². The smallest absolute Gasteiger partial charge is 0.208 e. The van der Waals surface area contributed by atoms with E-state index < -0.39 is 10.0 Å². The third kappa shape index (κ3) is 3.81. The van der Waals surface area contributed by atoms with Gasteiger partial charge in [-0.3, -0.25) is 0 Å². The van der Waals surface area contributed by atoms with Gasteiger partial charge in [-0.25, -0.2) is 13.1 Å². The highest BCUT2D eigenvalue weighted by Crippen LogP contribution is 2.36. The summed E-state index contributed by atoms with van der Waals surface area (Å²) in [6.07, 6.45) is 5.24. The van der Waals surface area contributed by atoms with Crippen molar-refractivity contribution in [2.24, 2.45) is 0 Å². The molecule has 0 radical (unpaired) electrons. The molecule has 2 rings (SSSR count). The van der Waals surface area contributed by atoms with Crippen molar-refractivity contribution in [2.75, 3.05) is 0 Å². The minimum Gasteiger partial charge on any atom is -0.208 e. The summed E-state index contributed by atoms with van der Waals surface area (Å²) in [6, 6.07) is 3.39. The summed E-state index contributed by atoms with van der Waals surface area (Å²) in [6.45, 7) is 0. The molecule has 0 amide bonds. The summed E-state index contributed by atoms with van der Waals surface area (Å²) in [7, 11) is -3.48. The number of halogens is 3. The van der Waals surface area contributed by atoms with Crippen molar-refractivity contribution < 1.29 is 8.42 Å². The van der Waals surface area contributed by atoms with Crippen molar-refractivity contribution in [3.8, 4) is 0 Å². The molecule has 1 aromatic rings. The predicted molar refractivity (Wildman–Crippen MR) is 86.7 cm³/mol. The van der Waals surface area contributed by atoms with Crippen LogP contribution in [0.25, 0.3) is 0 Å². The Balaban J connectivity index is 2.26. The molecule has 1 fully saturated rings. The number of nitrogens with one attached hydrogen (secondary N) is 1. The van der Waals surface area contributed by atoms with Crippen molar-refractivity contribution in [2.45, 2.75) is 43.0 Å². The molecule has 0 saturated heterocycles. The molecule has 0 bridgehead atoms. The molecule has 1 N–H and O–H groups in total. The fraction of sp³-hybridized carbons (Fsp3) is 0.500. The van der Waals surface area contributed by atoms with Crippen molar-refractivity contribution >= 4 is 57.8 Å². The fourth-order valence-electron chi connectivity index (χ4n) is 2.22. The zero-order chi connectivity index (χ0) is 14.0. The van der Waals surface area contributed by atoms with Gasteiger partial charge in [-0.05, 0) is 72.8 Å². The lowest BCUT2D eigenvalue weighted by Crippen LogP contribution is -2.36. The Hall–Kier alpha value is 0.570. The Morgan fingerprint density at radius 1 is 1.00 bits per heavy atom. The lowest BCUT2D eigenvalue weighted by molar-refractivity contribution is 0.412. The van der Waals surface area contributed by atoms with Crippen LogP contribution < -0.4 is 4.72 Å². The molecule has 1 aliphatic rings. The van der Waals surface area contributed by atoms with E-state index in [2.05, 4.69) is 52.5 Å². The van der Waals surface area contributed by atoms with Crippen LogP contribution in [0.2, 0.25) is 0 Å². The topological polar surface area (TPSA) is 46.2 Å². The lowest BCUT2D eigenvalue weighted by atomic mass is 9.96. The number of hydrogen-bond donors (Lipinski definition) is 1. The lowest BCUT2D eigenvalue weighted by Gasteiger charge is -2.23. The first-order valence-electron chi connectivity index (χ1n) is 6.07. The van der Waals surface area contributed by atoms with Gasteiger partial charge >= 0.3 is 0 Å². The molecule has 0 unspecified atom stereocenters. The number of rotatable bonds is 3. The van der Waals surface area contributed by atoms with Gasteiger partial charge in [0.25, 0.3) is 0 Å². The molecule has 0 atom stereocenters. The van der Waals surface area contributed by atoms with Crippen LogP contribution in [0.15, 0.2) is 30.4 Å². The van der Waals surface area contributed by atoms with Crippen LogP contribution in [0.3, 0.4) is 0 Å². The first kappa shape index (κ1) is 15.9. The third-order valence-corrected chi connectivity index (χ3v) is 8.41. The minimum atomic E-state index is -3.48. The molecule has 106 valence electrons. The highest BCUT2D eigenvalue weighted by atomic mass is 79.9. The molecule has 3 nitrogen and oxygen atoms in total. The van der Waals surface area contributed by atoms with Crippen LogP contribution in [0.4, 0.5) is 0 Å². The maximum Gasteiger partial charge on any atom is 0.241 e. The Morgan fingerprint density at radius 2 is 1.63 bits per heavy atom. The summed E-state index contributed by atoms with van der Waals surface area (Å²) in [5, 5.41) is 0. The number of benzene rings is 1. The standard InChI is InChI=1S/C12H14Br3NO2S/c13-9-6-7-10(12(15)11(9)14)19(17,18)16-8-4-2-1-3-5-8/h6-8,16H,1-5H2. The van der Waals surface area contributed by atoms with Crippen molar-refractivity contribution in [1.82, 2.24) is 4.72 Å². The molecule has 1 aliphatic carbocycles. The molecule has 7 heteroatoms. The van der Waals surface area contributed by atoms with E-state index in [4.69, 9.17) is 0 Å². The van der Waals surface area contributed by atoms with Gasteiger partial charge < -0.3 is 0 Å². The molecular formula is C12H14Br3NO2S. The van der Waals surface area contributed by atoms with Crippen molar-refractivity contribution in [3.63, 3.8) is 0 Å². The summed E-state index contributed by atoms with van der Waals surface area (Å²) in [5.74, 6) is 0. The Labute approximate surface area is 139 Å². The van der Waals surface area contributed by atoms with Crippen molar-refractivity contribution in [3.05, 3.63) is 25.6 Å². The second-order valence-electron chi connectivity index (χ2n) is 4.63. The highest BCUT2D eigenvalue weighted by molar-refractivity contribution is 9.14. The molecular weight excluding hydrogens is 462 g/mol. The van der Waals surface area contributed by atoms with E-state index in [1.54, 1.807) is 12.1 Å². The van der Waals surface area contributed by atoms with Crippen LogP contribution in [0.5, 0.6) is 0 Å². The minimum absolute atomic E-state index is 0.0630. The van der Waals surface area contributed by atoms with Crippen LogP contribution >= 0.6 is 47.8 Å².